The molecule has 1 aromatic rings. The molecule has 0 aromatic carbocycles. The second kappa shape index (κ2) is 7.27. The molecule has 0 spiro atoms. The quantitative estimate of drug-likeness (QED) is 0.873. The molecule has 2 fully saturated rings. The maximum Gasteiger partial charge on any atom is 0.203 e. The summed E-state index contributed by atoms with van der Waals surface area (Å²) in [5, 5.41) is 3.64. The number of hydrogen-bond donors (Lipinski definition) is 1. The van der Waals surface area contributed by atoms with Crippen LogP contribution in [0.2, 0.25) is 0 Å². The standard InChI is InChI=1S/C16H28N4O/c1-14-13-20(8-4-7-19-9-11-21-12-10-19)16(17-14)18-15-5-2-3-6-15/h13,15H,2-12H2,1H3,(H,17,18). The van der Waals surface area contributed by atoms with Crippen LogP contribution in [0.15, 0.2) is 6.20 Å². The Morgan fingerprint density at radius 2 is 2.00 bits per heavy atom. The van der Waals surface area contributed by atoms with E-state index < -0.39 is 0 Å². The van der Waals surface area contributed by atoms with Gasteiger partial charge in [-0.1, -0.05) is 12.8 Å². The molecule has 1 N–H and O–H groups in total. The smallest absolute Gasteiger partial charge is 0.203 e. The molecule has 1 aromatic heterocycles. The Labute approximate surface area is 127 Å². The van der Waals surface area contributed by atoms with E-state index in [1.165, 1.54) is 32.1 Å². The summed E-state index contributed by atoms with van der Waals surface area (Å²) < 4.78 is 7.69. The minimum absolute atomic E-state index is 0.629. The van der Waals surface area contributed by atoms with Gasteiger partial charge >= 0.3 is 0 Å². The highest BCUT2D eigenvalue weighted by Gasteiger charge is 2.17. The fourth-order valence-electron chi connectivity index (χ4n) is 3.37. The van der Waals surface area contributed by atoms with Gasteiger partial charge in [0.2, 0.25) is 5.95 Å². The molecule has 0 bridgehead atoms. The van der Waals surface area contributed by atoms with Crippen LogP contribution < -0.4 is 5.32 Å². The number of nitrogens with one attached hydrogen (secondary N) is 1. The van der Waals surface area contributed by atoms with Gasteiger partial charge in [-0.2, -0.15) is 0 Å². The Morgan fingerprint density at radius 1 is 1.24 bits per heavy atom. The van der Waals surface area contributed by atoms with E-state index in [9.17, 15) is 0 Å². The van der Waals surface area contributed by atoms with Gasteiger partial charge in [-0.15, -0.1) is 0 Å². The summed E-state index contributed by atoms with van der Waals surface area (Å²) in [6.45, 7) is 8.22. The number of anilines is 1. The van der Waals surface area contributed by atoms with Gasteiger partial charge in [0, 0.05) is 38.4 Å². The summed E-state index contributed by atoms with van der Waals surface area (Å²) in [5.41, 5.74) is 1.11. The Morgan fingerprint density at radius 3 is 2.76 bits per heavy atom. The lowest BCUT2D eigenvalue weighted by molar-refractivity contribution is 0.0369. The van der Waals surface area contributed by atoms with Crippen LogP contribution in [-0.4, -0.2) is 53.3 Å². The predicted octanol–water partition coefficient (Wildman–Crippen LogP) is 2.27. The number of aryl methyl sites for hydroxylation is 2. The second-order valence-electron chi connectivity index (χ2n) is 6.33. The number of nitrogens with zero attached hydrogens (tertiary/aromatic N) is 3. The molecule has 21 heavy (non-hydrogen) atoms. The minimum atomic E-state index is 0.629. The van der Waals surface area contributed by atoms with Gasteiger partial charge < -0.3 is 14.6 Å². The summed E-state index contributed by atoms with van der Waals surface area (Å²) in [4.78, 5) is 7.16. The van der Waals surface area contributed by atoms with E-state index in [1.807, 2.05) is 0 Å². The topological polar surface area (TPSA) is 42.3 Å². The number of rotatable bonds is 6. The molecular weight excluding hydrogens is 264 g/mol. The van der Waals surface area contributed by atoms with Crippen molar-refractivity contribution in [1.29, 1.82) is 0 Å². The number of ether oxygens (including phenoxy) is 1. The second-order valence-corrected chi connectivity index (χ2v) is 6.33. The molecule has 0 unspecified atom stereocenters. The summed E-state index contributed by atoms with van der Waals surface area (Å²) in [6, 6.07) is 0.629. The molecule has 5 heteroatoms. The van der Waals surface area contributed by atoms with E-state index in [-0.39, 0.29) is 0 Å². The maximum atomic E-state index is 5.39. The molecule has 0 atom stereocenters. The molecule has 118 valence electrons. The van der Waals surface area contributed by atoms with Gasteiger partial charge in [0.15, 0.2) is 0 Å². The first-order chi connectivity index (χ1) is 10.3. The molecule has 2 heterocycles. The highest BCUT2D eigenvalue weighted by Crippen LogP contribution is 2.22. The first kappa shape index (κ1) is 14.9. The average Bonchev–Trinajstić information content (AvgIpc) is 3.11. The first-order valence-electron chi connectivity index (χ1n) is 8.42. The van der Waals surface area contributed by atoms with E-state index >= 15 is 0 Å². The molecule has 1 saturated carbocycles. The number of morpholine rings is 1. The zero-order valence-electron chi connectivity index (χ0n) is 13.2. The van der Waals surface area contributed by atoms with Crippen LogP contribution in [0.4, 0.5) is 5.95 Å². The van der Waals surface area contributed by atoms with Crippen LogP contribution in [-0.2, 0) is 11.3 Å². The molecule has 0 amide bonds. The van der Waals surface area contributed by atoms with Gasteiger partial charge in [0.1, 0.15) is 0 Å². The zero-order chi connectivity index (χ0) is 14.5. The van der Waals surface area contributed by atoms with Crippen molar-refractivity contribution >= 4 is 5.95 Å². The third kappa shape index (κ3) is 4.20. The Balaban J connectivity index is 1.49. The molecule has 2 aliphatic rings. The van der Waals surface area contributed by atoms with E-state index in [2.05, 4.69) is 32.9 Å². The summed E-state index contributed by atoms with van der Waals surface area (Å²) in [6.07, 6.45) is 8.65. The van der Waals surface area contributed by atoms with Crippen LogP contribution >= 0.6 is 0 Å². The van der Waals surface area contributed by atoms with Crippen LogP contribution in [0.1, 0.15) is 37.8 Å². The molecular formula is C16H28N4O. The van der Waals surface area contributed by atoms with Crippen LogP contribution in [0.3, 0.4) is 0 Å². The highest BCUT2D eigenvalue weighted by atomic mass is 16.5. The Kier molecular flexibility index (Phi) is 5.14. The van der Waals surface area contributed by atoms with E-state index in [1.54, 1.807) is 0 Å². The van der Waals surface area contributed by atoms with Crippen molar-refractivity contribution in [2.45, 2.75) is 51.6 Å². The van der Waals surface area contributed by atoms with E-state index in [0.717, 1.165) is 51.0 Å². The van der Waals surface area contributed by atoms with Crippen molar-refractivity contribution in [2.24, 2.45) is 0 Å². The van der Waals surface area contributed by atoms with E-state index in [0.29, 0.717) is 6.04 Å². The largest absolute Gasteiger partial charge is 0.379 e. The van der Waals surface area contributed by atoms with Crippen LogP contribution in [0, 0.1) is 6.92 Å². The molecule has 1 aliphatic carbocycles. The molecule has 5 nitrogen and oxygen atoms in total. The fourth-order valence-corrected chi connectivity index (χ4v) is 3.37. The third-order valence-electron chi connectivity index (χ3n) is 4.56. The normalized spacial score (nSPS) is 21.0. The van der Waals surface area contributed by atoms with E-state index in [4.69, 9.17) is 4.74 Å². The van der Waals surface area contributed by atoms with Crippen LogP contribution in [0.25, 0.3) is 0 Å². The lowest BCUT2D eigenvalue weighted by Crippen LogP contribution is -2.37. The van der Waals surface area contributed by atoms with Gasteiger partial charge in [0.25, 0.3) is 0 Å². The zero-order valence-corrected chi connectivity index (χ0v) is 13.2. The van der Waals surface area contributed by atoms with Gasteiger partial charge in [-0.25, -0.2) is 4.98 Å². The van der Waals surface area contributed by atoms with Crippen molar-refractivity contribution in [3.8, 4) is 0 Å². The van der Waals surface area contributed by atoms with Crippen molar-refractivity contribution < 1.29 is 4.74 Å². The fraction of sp³-hybridized carbons (Fsp3) is 0.812. The first-order valence-corrected chi connectivity index (χ1v) is 8.42. The van der Waals surface area contributed by atoms with Gasteiger partial charge in [-0.3, -0.25) is 4.90 Å². The summed E-state index contributed by atoms with van der Waals surface area (Å²) in [7, 11) is 0. The highest BCUT2D eigenvalue weighted by molar-refractivity contribution is 5.30. The van der Waals surface area contributed by atoms with Crippen molar-refractivity contribution in [3.05, 3.63) is 11.9 Å². The van der Waals surface area contributed by atoms with Crippen molar-refractivity contribution in [1.82, 2.24) is 14.5 Å². The number of hydrogen-bond acceptors (Lipinski definition) is 4. The van der Waals surface area contributed by atoms with Crippen molar-refractivity contribution in [2.75, 3.05) is 38.2 Å². The predicted molar refractivity (Wildman–Crippen MR) is 84.7 cm³/mol. The van der Waals surface area contributed by atoms with Crippen LogP contribution in [0.5, 0.6) is 0 Å². The third-order valence-corrected chi connectivity index (χ3v) is 4.56. The minimum Gasteiger partial charge on any atom is -0.379 e. The summed E-state index contributed by atoms with van der Waals surface area (Å²) >= 11 is 0. The molecule has 1 saturated heterocycles. The Hall–Kier alpha value is -1.07. The monoisotopic (exact) mass is 292 g/mol. The lowest BCUT2D eigenvalue weighted by Gasteiger charge is -2.26. The molecule has 0 radical (unpaired) electrons. The van der Waals surface area contributed by atoms with Gasteiger partial charge in [-0.05, 0) is 26.2 Å². The Bertz CT molecular complexity index is 433. The number of aromatic nitrogens is 2. The summed E-state index contributed by atoms with van der Waals surface area (Å²) in [5.74, 6) is 1.07. The maximum absolute atomic E-state index is 5.39. The lowest BCUT2D eigenvalue weighted by atomic mass is 10.2. The SMILES string of the molecule is Cc1cn(CCCN2CCOCC2)c(NC2CCCC2)n1. The number of imidazole rings is 1. The van der Waals surface area contributed by atoms with Crippen molar-refractivity contribution in [3.63, 3.8) is 0 Å². The average molecular weight is 292 g/mol. The molecule has 1 aliphatic heterocycles. The molecule has 3 rings (SSSR count). The van der Waals surface area contributed by atoms with Gasteiger partial charge in [0.05, 0.1) is 18.9 Å².